The van der Waals surface area contributed by atoms with Crippen molar-refractivity contribution in [3.05, 3.63) is 70.5 Å². The lowest BCUT2D eigenvalue weighted by Gasteiger charge is -2.13. The fourth-order valence-corrected chi connectivity index (χ4v) is 4.84. The zero-order chi connectivity index (χ0) is 17.2. The Morgan fingerprint density at radius 3 is 2.43 bits per heavy atom. The first-order valence-corrected chi connectivity index (χ1v) is 9.19. The molecule has 0 aliphatic rings. The lowest BCUT2D eigenvalue weighted by molar-refractivity contribution is 0.1000. The van der Waals surface area contributed by atoms with E-state index in [1.807, 2.05) is 13.0 Å². The van der Waals surface area contributed by atoms with Gasteiger partial charge in [0.15, 0.2) is 4.90 Å². The van der Waals surface area contributed by atoms with Crippen LogP contribution in [-0.2, 0) is 21.0 Å². The highest BCUT2D eigenvalue weighted by Gasteiger charge is 2.31. The first kappa shape index (κ1) is 17.3. The third-order valence-corrected chi connectivity index (χ3v) is 6.82. The van der Waals surface area contributed by atoms with Gasteiger partial charge in [0.05, 0.1) is 4.90 Å². The van der Waals surface area contributed by atoms with Crippen molar-refractivity contribution in [3.8, 4) is 0 Å². The normalized spacial score (nSPS) is 12.6. The van der Waals surface area contributed by atoms with Gasteiger partial charge >= 0.3 is 0 Å². The van der Waals surface area contributed by atoms with Gasteiger partial charge in [0, 0.05) is 16.7 Å². The van der Waals surface area contributed by atoms with Gasteiger partial charge in [-0.3, -0.25) is 4.79 Å². The molecule has 2 N–H and O–H groups in total. The maximum absolute atomic E-state index is 12.6. The number of carbonyl (C=O) groups excluding carboxylic acids is 1. The predicted octanol–water partition coefficient (Wildman–Crippen LogP) is 2.15. The van der Waals surface area contributed by atoms with Crippen LogP contribution >= 0.6 is 0 Å². The third-order valence-electron chi connectivity index (χ3n) is 3.14. The molecule has 2 rings (SSSR count). The average Bonchev–Trinajstić information content (AvgIpc) is 2.53. The number of primary amides is 1. The molecule has 0 radical (unpaired) electrons. The molecule has 0 saturated heterocycles. The third kappa shape index (κ3) is 3.64. The minimum Gasteiger partial charge on any atom is -0.606 e. The minimum atomic E-state index is -4.06. The van der Waals surface area contributed by atoms with Crippen molar-refractivity contribution < 1.29 is 17.8 Å². The minimum absolute atomic E-state index is 0.0558. The second-order valence-electron chi connectivity index (χ2n) is 4.85. The second kappa shape index (κ2) is 6.57. The molecule has 1 amide bonds. The smallest absolute Gasteiger partial charge is 0.250 e. The summed E-state index contributed by atoms with van der Waals surface area (Å²) in [5, 5.41) is 0. The fourth-order valence-electron chi connectivity index (χ4n) is 1.91. The Morgan fingerprint density at radius 1 is 1.17 bits per heavy atom. The summed E-state index contributed by atoms with van der Waals surface area (Å²) in [6.07, 6.45) is 0. The topological polar surface area (TPSA) is 100 Å². The summed E-state index contributed by atoms with van der Waals surface area (Å²) < 4.78 is 37.2. The molecule has 0 aromatic heterocycles. The molecule has 0 aliphatic carbocycles. The number of aryl methyl sites for hydroxylation is 1. The molecule has 120 valence electrons. The van der Waals surface area contributed by atoms with E-state index in [1.165, 1.54) is 18.2 Å². The van der Waals surface area contributed by atoms with Crippen LogP contribution < -0.4 is 5.73 Å². The average molecular weight is 349 g/mol. The standard InChI is InChI=1S/C16H15NO4S2/c1-11-5-3-7-14(9-11)22(19)12(2)23(20,21)15-8-4-6-13(10-15)16(17)18/h3-10H,2H2,1H3,(H2,17,18). The van der Waals surface area contributed by atoms with Gasteiger partial charge < -0.3 is 10.3 Å². The molecule has 23 heavy (non-hydrogen) atoms. The van der Waals surface area contributed by atoms with E-state index in [4.69, 9.17) is 5.73 Å². The molecule has 2 aromatic carbocycles. The first-order valence-electron chi connectivity index (χ1n) is 6.56. The SMILES string of the molecule is C=C([S+]([O-])c1cccc(C)c1)S(=O)(=O)c1cccc(C(N)=O)c1. The zero-order valence-corrected chi connectivity index (χ0v) is 14.0. The molecular weight excluding hydrogens is 334 g/mol. The van der Waals surface area contributed by atoms with Crippen molar-refractivity contribution in [2.24, 2.45) is 5.73 Å². The molecule has 1 unspecified atom stereocenters. The molecular formula is C16H15NO4S2. The fraction of sp³-hybridized carbons (Fsp3) is 0.0625. The zero-order valence-electron chi connectivity index (χ0n) is 12.4. The summed E-state index contributed by atoms with van der Waals surface area (Å²) in [5.41, 5.74) is 6.07. The molecule has 2 aromatic rings. The van der Waals surface area contributed by atoms with Gasteiger partial charge in [0.25, 0.3) is 9.84 Å². The Balaban J connectivity index is 2.41. The van der Waals surface area contributed by atoms with E-state index in [1.54, 1.807) is 18.2 Å². The maximum Gasteiger partial charge on any atom is 0.250 e. The molecule has 0 bridgehead atoms. The summed E-state index contributed by atoms with van der Waals surface area (Å²) in [4.78, 5) is 11.4. The highest BCUT2D eigenvalue weighted by Crippen LogP contribution is 2.28. The lowest BCUT2D eigenvalue weighted by Crippen LogP contribution is -2.16. The summed E-state index contributed by atoms with van der Waals surface area (Å²) in [7, 11) is -4.06. The highest BCUT2D eigenvalue weighted by atomic mass is 32.3. The van der Waals surface area contributed by atoms with Crippen molar-refractivity contribution in [2.45, 2.75) is 16.7 Å². The van der Waals surface area contributed by atoms with Crippen LogP contribution in [0.2, 0.25) is 0 Å². The van der Waals surface area contributed by atoms with Crippen LogP contribution in [0.1, 0.15) is 15.9 Å². The van der Waals surface area contributed by atoms with Crippen molar-refractivity contribution >= 4 is 26.9 Å². The summed E-state index contributed by atoms with van der Waals surface area (Å²) in [6, 6.07) is 12.0. The van der Waals surface area contributed by atoms with Crippen LogP contribution in [-0.4, -0.2) is 18.9 Å². The van der Waals surface area contributed by atoms with E-state index in [-0.39, 0.29) is 10.5 Å². The number of amides is 1. The molecule has 0 spiro atoms. The molecule has 5 nitrogen and oxygen atoms in total. The highest BCUT2D eigenvalue weighted by molar-refractivity contribution is 8.14. The van der Waals surface area contributed by atoms with Gasteiger partial charge in [-0.15, -0.1) is 0 Å². The monoisotopic (exact) mass is 349 g/mol. The molecule has 0 aliphatic heterocycles. The molecule has 7 heteroatoms. The maximum atomic E-state index is 12.6. The van der Waals surface area contributed by atoms with Crippen LogP contribution in [0.25, 0.3) is 0 Å². The van der Waals surface area contributed by atoms with E-state index < -0.39 is 31.2 Å². The van der Waals surface area contributed by atoms with Crippen molar-refractivity contribution in [1.29, 1.82) is 0 Å². The first-order chi connectivity index (χ1) is 10.7. The van der Waals surface area contributed by atoms with Gasteiger partial charge in [-0.2, -0.15) is 0 Å². The quantitative estimate of drug-likeness (QED) is 0.836. The van der Waals surface area contributed by atoms with Crippen LogP contribution in [0.3, 0.4) is 0 Å². The number of carbonyl (C=O) groups is 1. The van der Waals surface area contributed by atoms with Crippen molar-refractivity contribution in [2.75, 3.05) is 0 Å². The Hall–Kier alpha value is -2.09. The number of nitrogens with two attached hydrogens (primary N) is 1. The molecule has 0 heterocycles. The Labute approximate surface area is 137 Å². The van der Waals surface area contributed by atoms with Crippen LogP contribution in [0.15, 0.2) is 69.1 Å². The molecule has 1 atom stereocenters. The Bertz CT molecular complexity index is 875. The van der Waals surface area contributed by atoms with Crippen molar-refractivity contribution in [1.82, 2.24) is 0 Å². The molecule has 0 saturated carbocycles. The Kier molecular flexibility index (Phi) is 4.93. The Morgan fingerprint density at radius 2 is 1.83 bits per heavy atom. The number of sulfone groups is 1. The van der Waals surface area contributed by atoms with Crippen LogP contribution in [0.4, 0.5) is 0 Å². The van der Waals surface area contributed by atoms with Crippen LogP contribution in [0.5, 0.6) is 0 Å². The van der Waals surface area contributed by atoms with Gasteiger partial charge in [0.1, 0.15) is 0 Å². The second-order valence-corrected chi connectivity index (χ2v) is 8.58. The van der Waals surface area contributed by atoms with Crippen LogP contribution in [0, 0.1) is 6.92 Å². The predicted molar refractivity (Wildman–Crippen MR) is 88.9 cm³/mol. The number of hydrogen-bond donors (Lipinski definition) is 1. The largest absolute Gasteiger partial charge is 0.606 e. The number of rotatable bonds is 5. The van der Waals surface area contributed by atoms with E-state index >= 15 is 0 Å². The van der Waals surface area contributed by atoms with E-state index in [2.05, 4.69) is 6.58 Å². The van der Waals surface area contributed by atoms with E-state index in [9.17, 15) is 17.8 Å². The van der Waals surface area contributed by atoms with Crippen molar-refractivity contribution in [3.63, 3.8) is 0 Å². The van der Waals surface area contributed by atoms with Gasteiger partial charge in [-0.1, -0.05) is 18.2 Å². The summed E-state index contributed by atoms with van der Waals surface area (Å²) in [6.45, 7) is 5.29. The summed E-state index contributed by atoms with van der Waals surface area (Å²) in [5.74, 6) is -0.743. The van der Waals surface area contributed by atoms with E-state index in [0.29, 0.717) is 4.90 Å². The van der Waals surface area contributed by atoms with E-state index in [0.717, 1.165) is 11.6 Å². The van der Waals surface area contributed by atoms with Gasteiger partial charge in [0.2, 0.25) is 10.1 Å². The molecule has 0 fully saturated rings. The van der Waals surface area contributed by atoms with Gasteiger partial charge in [-0.05, 0) is 49.4 Å². The van der Waals surface area contributed by atoms with Gasteiger partial charge in [-0.25, -0.2) is 8.42 Å². The summed E-state index contributed by atoms with van der Waals surface area (Å²) >= 11 is -1.92. The number of hydrogen-bond acceptors (Lipinski definition) is 4. The lowest BCUT2D eigenvalue weighted by atomic mass is 10.2. The number of benzene rings is 2.